The predicted molar refractivity (Wildman–Crippen MR) is 125 cm³/mol. The lowest BCUT2D eigenvalue weighted by atomic mass is 10.0. The molecule has 176 valence electrons. The third-order valence-electron chi connectivity index (χ3n) is 5.74. The number of methoxy groups -OCH3 is 1. The molecule has 0 aliphatic carbocycles. The minimum Gasteiger partial charge on any atom is -0.461 e. The third kappa shape index (κ3) is 4.31. The number of ether oxygens (including phenoxy) is 2. The van der Waals surface area contributed by atoms with Crippen LogP contribution in [0.15, 0.2) is 54.6 Å². The molecule has 1 heterocycles. The van der Waals surface area contributed by atoms with Crippen LogP contribution in [0.2, 0.25) is 0 Å². The van der Waals surface area contributed by atoms with Crippen LogP contribution in [0.3, 0.4) is 0 Å². The molecule has 34 heavy (non-hydrogen) atoms. The van der Waals surface area contributed by atoms with Crippen LogP contribution in [0.4, 0.5) is 13.6 Å². The predicted octanol–water partition coefficient (Wildman–Crippen LogP) is 5.50. The number of carbonyl (C=O) groups excluding carboxylic acids is 2. The van der Waals surface area contributed by atoms with Crippen molar-refractivity contribution < 1.29 is 27.8 Å². The van der Waals surface area contributed by atoms with Crippen molar-refractivity contribution in [2.24, 2.45) is 0 Å². The second kappa shape index (κ2) is 9.51. The highest BCUT2D eigenvalue weighted by atomic mass is 19.1. The SMILES string of the molecule is CCOC(=O)c1c(CN(C)C(=O)OC)c2cc(F)ccc2n1Cc1cccc2ccc(F)cc12. The minimum absolute atomic E-state index is 0.00204. The normalized spacial score (nSPS) is 11.1. The Bertz CT molecular complexity index is 1400. The molecule has 6 nitrogen and oxygen atoms in total. The highest BCUT2D eigenvalue weighted by Gasteiger charge is 2.26. The fraction of sp³-hybridized carbons (Fsp3) is 0.231. The van der Waals surface area contributed by atoms with Gasteiger partial charge in [-0.2, -0.15) is 0 Å². The van der Waals surface area contributed by atoms with E-state index in [2.05, 4.69) is 0 Å². The van der Waals surface area contributed by atoms with Gasteiger partial charge in [-0.05, 0) is 53.6 Å². The van der Waals surface area contributed by atoms with E-state index in [0.29, 0.717) is 21.9 Å². The summed E-state index contributed by atoms with van der Waals surface area (Å²) in [6.45, 7) is 2.04. The highest BCUT2D eigenvalue weighted by Crippen LogP contribution is 2.31. The number of nitrogens with zero attached hydrogens (tertiary/aromatic N) is 2. The van der Waals surface area contributed by atoms with E-state index in [1.54, 1.807) is 23.6 Å². The first-order chi connectivity index (χ1) is 16.3. The second-order valence-corrected chi connectivity index (χ2v) is 7.90. The van der Waals surface area contributed by atoms with Crippen LogP contribution in [0, 0.1) is 11.6 Å². The summed E-state index contributed by atoms with van der Waals surface area (Å²) in [4.78, 5) is 26.5. The monoisotopic (exact) mass is 466 g/mol. The van der Waals surface area contributed by atoms with Gasteiger partial charge in [-0.1, -0.05) is 24.3 Å². The zero-order valence-corrected chi connectivity index (χ0v) is 19.1. The standard InChI is InChI=1S/C26H24F2N2O4/c1-4-34-25(31)24-22(15-29(2)26(32)33-3)21-13-19(28)10-11-23(21)30(24)14-17-7-5-6-16-8-9-18(27)12-20(16)17/h5-13H,4,14-15H2,1-3H3. The summed E-state index contributed by atoms with van der Waals surface area (Å²) in [5.74, 6) is -1.45. The van der Waals surface area contributed by atoms with Crippen molar-refractivity contribution in [3.05, 3.63) is 83.1 Å². The molecule has 4 rings (SSSR count). The lowest BCUT2D eigenvalue weighted by Gasteiger charge is -2.17. The first-order valence-corrected chi connectivity index (χ1v) is 10.8. The number of aromatic nitrogens is 1. The molecule has 1 amide bonds. The van der Waals surface area contributed by atoms with Crippen LogP contribution in [-0.2, 0) is 22.6 Å². The van der Waals surface area contributed by atoms with Gasteiger partial charge < -0.3 is 18.9 Å². The number of benzene rings is 3. The van der Waals surface area contributed by atoms with Crippen molar-refractivity contribution in [1.29, 1.82) is 0 Å². The molecule has 0 spiro atoms. The number of amides is 1. The fourth-order valence-electron chi connectivity index (χ4n) is 4.23. The van der Waals surface area contributed by atoms with Gasteiger partial charge in [-0.25, -0.2) is 18.4 Å². The Morgan fingerprint density at radius 2 is 1.71 bits per heavy atom. The van der Waals surface area contributed by atoms with E-state index in [4.69, 9.17) is 9.47 Å². The average molecular weight is 466 g/mol. The molecule has 0 saturated heterocycles. The van der Waals surface area contributed by atoms with Gasteiger partial charge in [0.25, 0.3) is 0 Å². The summed E-state index contributed by atoms with van der Waals surface area (Å²) in [6.07, 6.45) is -0.600. The lowest BCUT2D eigenvalue weighted by Crippen LogP contribution is -2.27. The van der Waals surface area contributed by atoms with E-state index in [-0.39, 0.29) is 31.2 Å². The topological polar surface area (TPSA) is 60.8 Å². The molecule has 0 radical (unpaired) electrons. The van der Waals surface area contributed by atoms with Crippen molar-refractivity contribution in [2.45, 2.75) is 20.0 Å². The summed E-state index contributed by atoms with van der Waals surface area (Å²) in [5, 5.41) is 2.03. The van der Waals surface area contributed by atoms with Crippen LogP contribution >= 0.6 is 0 Å². The molecule has 0 atom stereocenters. The van der Waals surface area contributed by atoms with Crippen molar-refractivity contribution in [3.63, 3.8) is 0 Å². The summed E-state index contributed by atoms with van der Waals surface area (Å²) in [5.41, 5.74) is 2.00. The molecule has 0 saturated carbocycles. The molecule has 0 aliphatic rings. The Morgan fingerprint density at radius 1 is 1.00 bits per heavy atom. The Labute approximate surface area is 195 Å². The first kappa shape index (κ1) is 23.2. The molecular weight excluding hydrogens is 442 g/mol. The van der Waals surface area contributed by atoms with Crippen LogP contribution in [0.25, 0.3) is 21.7 Å². The molecule has 3 aromatic carbocycles. The average Bonchev–Trinajstić information content (AvgIpc) is 3.11. The number of hydrogen-bond acceptors (Lipinski definition) is 4. The van der Waals surface area contributed by atoms with Crippen molar-refractivity contribution in [3.8, 4) is 0 Å². The van der Waals surface area contributed by atoms with Gasteiger partial charge in [0.15, 0.2) is 0 Å². The van der Waals surface area contributed by atoms with Gasteiger partial charge >= 0.3 is 12.1 Å². The minimum atomic E-state index is -0.600. The van der Waals surface area contributed by atoms with E-state index in [0.717, 1.165) is 10.9 Å². The summed E-state index contributed by atoms with van der Waals surface area (Å²) >= 11 is 0. The molecular formula is C26H24F2N2O4. The van der Waals surface area contributed by atoms with Crippen molar-refractivity contribution in [1.82, 2.24) is 9.47 Å². The van der Waals surface area contributed by atoms with E-state index in [1.165, 1.54) is 43.3 Å². The van der Waals surface area contributed by atoms with Crippen LogP contribution < -0.4 is 0 Å². The van der Waals surface area contributed by atoms with Crippen molar-refractivity contribution in [2.75, 3.05) is 20.8 Å². The van der Waals surface area contributed by atoms with Gasteiger partial charge in [0, 0.05) is 30.1 Å². The van der Waals surface area contributed by atoms with Gasteiger partial charge in [-0.15, -0.1) is 0 Å². The van der Waals surface area contributed by atoms with E-state index >= 15 is 0 Å². The summed E-state index contributed by atoms with van der Waals surface area (Å²) < 4.78 is 40.2. The number of carbonyl (C=O) groups is 2. The van der Waals surface area contributed by atoms with Gasteiger partial charge in [0.05, 0.1) is 20.3 Å². The van der Waals surface area contributed by atoms with Gasteiger partial charge in [0.1, 0.15) is 17.3 Å². The molecule has 8 heteroatoms. The Morgan fingerprint density at radius 3 is 2.41 bits per heavy atom. The van der Waals surface area contributed by atoms with E-state index < -0.39 is 17.9 Å². The quantitative estimate of drug-likeness (QED) is 0.352. The fourth-order valence-corrected chi connectivity index (χ4v) is 4.23. The largest absolute Gasteiger partial charge is 0.461 e. The lowest BCUT2D eigenvalue weighted by molar-refractivity contribution is 0.0512. The van der Waals surface area contributed by atoms with E-state index in [9.17, 15) is 18.4 Å². The maximum Gasteiger partial charge on any atom is 0.409 e. The smallest absolute Gasteiger partial charge is 0.409 e. The molecule has 0 bridgehead atoms. The molecule has 0 aliphatic heterocycles. The third-order valence-corrected chi connectivity index (χ3v) is 5.74. The maximum atomic E-state index is 14.3. The molecule has 0 unspecified atom stereocenters. The van der Waals surface area contributed by atoms with Crippen LogP contribution in [0.1, 0.15) is 28.5 Å². The number of esters is 1. The number of halogens is 2. The Kier molecular flexibility index (Phi) is 6.49. The summed E-state index contributed by atoms with van der Waals surface area (Å²) in [7, 11) is 2.78. The molecule has 1 aromatic heterocycles. The summed E-state index contributed by atoms with van der Waals surface area (Å²) in [6, 6.07) is 14.4. The zero-order chi connectivity index (χ0) is 24.4. The van der Waals surface area contributed by atoms with Gasteiger partial charge in [0.2, 0.25) is 0 Å². The Balaban J connectivity index is 1.96. The zero-order valence-electron chi connectivity index (χ0n) is 19.1. The Hall–Kier alpha value is -3.94. The first-order valence-electron chi connectivity index (χ1n) is 10.8. The molecule has 4 aromatic rings. The molecule has 0 fully saturated rings. The van der Waals surface area contributed by atoms with Gasteiger partial charge in [-0.3, -0.25) is 0 Å². The van der Waals surface area contributed by atoms with Crippen molar-refractivity contribution >= 4 is 33.7 Å². The number of fused-ring (bicyclic) bond motifs is 2. The number of hydrogen-bond donors (Lipinski definition) is 0. The van der Waals surface area contributed by atoms with Crippen LogP contribution in [0.5, 0.6) is 0 Å². The second-order valence-electron chi connectivity index (χ2n) is 7.90. The maximum absolute atomic E-state index is 14.3. The van der Waals surface area contributed by atoms with Crippen LogP contribution in [-0.4, -0.2) is 42.3 Å². The molecule has 0 N–H and O–H groups in total. The van der Waals surface area contributed by atoms with E-state index in [1.807, 2.05) is 18.2 Å². The highest BCUT2D eigenvalue weighted by molar-refractivity contribution is 5.99. The number of rotatable bonds is 6.